The number of nitrogens with one attached hydrogen (secondary N) is 1. The highest BCUT2D eigenvalue weighted by Crippen LogP contribution is 2.31. The van der Waals surface area contributed by atoms with Crippen LogP contribution in [0.5, 0.6) is 5.75 Å². The first-order valence-corrected chi connectivity index (χ1v) is 10.3. The fourth-order valence-corrected chi connectivity index (χ4v) is 3.60. The van der Waals surface area contributed by atoms with Gasteiger partial charge in [0.05, 0.1) is 17.7 Å². The molecule has 0 aliphatic rings. The van der Waals surface area contributed by atoms with Gasteiger partial charge in [-0.25, -0.2) is 9.37 Å². The molecule has 0 radical (unpaired) electrons. The topological polar surface area (TPSA) is 64.4 Å². The third-order valence-electron chi connectivity index (χ3n) is 4.42. The van der Waals surface area contributed by atoms with Crippen molar-refractivity contribution < 1.29 is 18.3 Å². The SMILES string of the molecule is COc1ccc(Br)cc1/C=C/C(=O)Nc1ccc2oc(-c3ccc(F)cc3Cl)nc2c1. The Balaban J connectivity index is 1.54. The molecule has 1 heterocycles. The van der Waals surface area contributed by atoms with Crippen molar-refractivity contribution in [3.8, 4) is 17.2 Å². The number of carbonyl (C=O) groups excluding carboxylic acids is 1. The van der Waals surface area contributed by atoms with Crippen LogP contribution in [0.1, 0.15) is 5.56 Å². The molecule has 0 atom stereocenters. The van der Waals surface area contributed by atoms with E-state index < -0.39 is 5.82 Å². The van der Waals surface area contributed by atoms with Gasteiger partial charge in [-0.05, 0) is 60.7 Å². The third-order valence-corrected chi connectivity index (χ3v) is 5.23. The van der Waals surface area contributed by atoms with Crippen LogP contribution in [0.25, 0.3) is 28.6 Å². The van der Waals surface area contributed by atoms with Crippen LogP contribution in [0.3, 0.4) is 0 Å². The molecule has 5 nitrogen and oxygen atoms in total. The van der Waals surface area contributed by atoms with Crippen LogP contribution in [-0.4, -0.2) is 18.0 Å². The normalized spacial score (nSPS) is 11.2. The number of benzene rings is 3. The van der Waals surface area contributed by atoms with Crippen molar-refractivity contribution in [1.29, 1.82) is 0 Å². The Morgan fingerprint density at radius 3 is 2.81 bits per heavy atom. The monoisotopic (exact) mass is 500 g/mol. The van der Waals surface area contributed by atoms with Crippen LogP contribution in [0.4, 0.5) is 10.1 Å². The van der Waals surface area contributed by atoms with E-state index in [9.17, 15) is 9.18 Å². The Morgan fingerprint density at radius 2 is 2.03 bits per heavy atom. The molecular formula is C23H15BrClFN2O3. The number of rotatable bonds is 5. The highest BCUT2D eigenvalue weighted by Gasteiger charge is 2.13. The van der Waals surface area contributed by atoms with Crippen molar-refractivity contribution in [3.05, 3.63) is 81.5 Å². The standard InChI is InChI=1S/C23H15BrClFN2O3/c1-30-20-7-3-14(24)10-13(20)2-9-22(29)27-16-5-8-21-19(12-16)28-23(31-21)17-6-4-15(26)11-18(17)25/h2-12H,1H3,(H,27,29)/b9-2+. The Labute approximate surface area is 190 Å². The number of anilines is 1. The first kappa shape index (κ1) is 21.1. The molecule has 0 saturated carbocycles. The number of aromatic nitrogens is 1. The maximum atomic E-state index is 13.3. The molecule has 1 N–H and O–H groups in total. The van der Waals surface area contributed by atoms with Gasteiger partial charge in [-0.15, -0.1) is 0 Å². The summed E-state index contributed by atoms with van der Waals surface area (Å²) in [7, 11) is 1.57. The van der Waals surface area contributed by atoms with Crippen molar-refractivity contribution >= 4 is 56.3 Å². The first-order valence-electron chi connectivity index (χ1n) is 9.11. The van der Waals surface area contributed by atoms with E-state index in [2.05, 4.69) is 26.2 Å². The maximum Gasteiger partial charge on any atom is 0.248 e. The Kier molecular flexibility index (Phi) is 6.06. The van der Waals surface area contributed by atoms with Crippen molar-refractivity contribution in [3.63, 3.8) is 0 Å². The summed E-state index contributed by atoms with van der Waals surface area (Å²) in [4.78, 5) is 16.8. The quantitative estimate of drug-likeness (QED) is 0.309. The van der Waals surface area contributed by atoms with Gasteiger partial charge in [0, 0.05) is 21.8 Å². The predicted octanol–water partition coefficient (Wildman–Crippen LogP) is 6.71. The summed E-state index contributed by atoms with van der Waals surface area (Å²) in [5.74, 6) is 0.170. The number of nitrogens with zero attached hydrogens (tertiary/aromatic N) is 1. The van der Waals surface area contributed by atoms with E-state index in [0.717, 1.165) is 10.0 Å². The molecule has 156 valence electrons. The summed E-state index contributed by atoms with van der Waals surface area (Å²) >= 11 is 9.50. The molecule has 0 fully saturated rings. The molecular weight excluding hydrogens is 487 g/mol. The number of fused-ring (bicyclic) bond motifs is 1. The van der Waals surface area contributed by atoms with Crippen LogP contribution in [-0.2, 0) is 4.79 Å². The molecule has 4 aromatic rings. The van der Waals surface area contributed by atoms with Gasteiger partial charge in [0.25, 0.3) is 0 Å². The smallest absolute Gasteiger partial charge is 0.248 e. The minimum absolute atomic E-state index is 0.202. The zero-order valence-electron chi connectivity index (χ0n) is 16.2. The zero-order chi connectivity index (χ0) is 22.0. The molecule has 0 spiro atoms. The van der Waals surface area contributed by atoms with Crippen molar-refractivity contribution in [2.45, 2.75) is 0 Å². The fourth-order valence-electron chi connectivity index (χ4n) is 2.97. The minimum Gasteiger partial charge on any atom is -0.496 e. The number of hydrogen-bond acceptors (Lipinski definition) is 4. The Hall–Kier alpha value is -3.16. The van der Waals surface area contributed by atoms with Gasteiger partial charge in [-0.2, -0.15) is 0 Å². The average Bonchev–Trinajstić information content (AvgIpc) is 3.15. The highest BCUT2D eigenvalue weighted by molar-refractivity contribution is 9.10. The summed E-state index contributed by atoms with van der Waals surface area (Å²) in [6, 6.07) is 14.6. The van der Waals surface area contributed by atoms with Gasteiger partial charge >= 0.3 is 0 Å². The van der Waals surface area contributed by atoms with Gasteiger partial charge in [0.15, 0.2) is 5.58 Å². The number of oxazole rings is 1. The summed E-state index contributed by atoms with van der Waals surface area (Å²) in [5.41, 5.74) is 2.84. The van der Waals surface area contributed by atoms with Crippen molar-refractivity contribution in [2.24, 2.45) is 0 Å². The number of hydrogen-bond donors (Lipinski definition) is 1. The lowest BCUT2D eigenvalue weighted by Gasteiger charge is -2.05. The number of ether oxygens (including phenoxy) is 1. The van der Waals surface area contributed by atoms with Gasteiger partial charge < -0.3 is 14.5 Å². The summed E-state index contributed by atoms with van der Waals surface area (Å²) in [6.45, 7) is 0. The Morgan fingerprint density at radius 1 is 1.19 bits per heavy atom. The molecule has 1 amide bonds. The molecule has 31 heavy (non-hydrogen) atoms. The largest absolute Gasteiger partial charge is 0.496 e. The lowest BCUT2D eigenvalue weighted by Crippen LogP contribution is -2.07. The average molecular weight is 502 g/mol. The molecule has 0 aliphatic carbocycles. The number of methoxy groups -OCH3 is 1. The van der Waals surface area contributed by atoms with Gasteiger partial charge in [0.1, 0.15) is 17.1 Å². The Bertz CT molecular complexity index is 1320. The van der Waals surface area contributed by atoms with Crippen LogP contribution in [0.15, 0.2) is 69.6 Å². The lowest BCUT2D eigenvalue weighted by molar-refractivity contribution is -0.111. The molecule has 3 aromatic carbocycles. The first-order chi connectivity index (χ1) is 14.9. The second-order valence-corrected chi connectivity index (χ2v) is 7.86. The summed E-state index contributed by atoms with van der Waals surface area (Å²) in [6.07, 6.45) is 3.09. The van der Waals surface area contributed by atoms with E-state index in [1.54, 1.807) is 31.4 Å². The lowest BCUT2D eigenvalue weighted by atomic mass is 10.2. The highest BCUT2D eigenvalue weighted by atomic mass is 79.9. The van der Waals surface area contributed by atoms with E-state index in [-0.39, 0.29) is 16.8 Å². The van der Waals surface area contributed by atoms with Crippen LogP contribution in [0, 0.1) is 5.82 Å². The zero-order valence-corrected chi connectivity index (χ0v) is 18.5. The fraction of sp³-hybridized carbons (Fsp3) is 0.0435. The second-order valence-electron chi connectivity index (χ2n) is 6.53. The van der Waals surface area contributed by atoms with E-state index in [1.165, 1.54) is 24.3 Å². The number of carbonyl (C=O) groups is 1. The second kappa shape index (κ2) is 8.91. The van der Waals surface area contributed by atoms with Crippen LogP contribution >= 0.6 is 27.5 Å². The minimum atomic E-state index is -0.441. The van der Waals surface area contributed by atoms with E-state index >= 15 is 0 Å². The summed E-state index contributed by atoms with van der Waals surface area (Å²) < 4.78 is 25.2. The molecule has 0 saturated heterocycles. The third kappa shape index (κ3) is 4.78. The molecule has 0 aliphatic heterocycles. The molecule has 8 heteroatoms. The van der Waals surface area contributed by atoms with Gasteiger partial charge in [-0.3, -0.25) is 4.79 Å². The van der Waals surface area contributed by atoms with Gasteiger partial charge in [-0.1, -0.05) is 27.5 Å². The van der Waals surface area contributed by atoms with E-state index in [1.807, 2.05) is 18.2 Å². The number of amides is 1. The number of halogens is 3. The maximum absolute atomic E-state index is 13.3. The van der Waals surface area contributed by atoms with Gasteiger partial charge in [0.2, 0.25) is 11.8 Å². The molecule has 0 bridgehead atoms. The van der Waals surface area contributed by atoms with E-state index in [4.69, 9.17) is 20.8 Å². The van der Waals surface area contributed by atoms with Crippen LogP contribution in [0.2, 0.25) is 5.02 Å². The van der Waals surface area contributed by atoms with Crippen LogP contribution < -0.4 is 10.1 Å². The summed E-state index contributed by atoms with van der Waals surface area (Å²) in [5, 5.41) is 2.99. The predicted molar refractivity (Wildman–Crippen MR) is 123 cm³/mol. The van der Waals surface area contributed by atoms with Crippen molar-refractivity contribution in [2.75, 3.05) is 12.4 Å². The molecule has 0 unspecified atom stereocenters. The van der Waals surface area contributed by atoms with Crippen molar-refractivity contribution in [1.82, 2.24) is 4.98 Å². The molecule has 1 aromatic heterocycles. The molecule has 4 rings (SSSR count). The van der Waals surface area contributed by atoms with E-state index in [0.29, 0.717) is 28.1 Å².